The lowest BCUT2D eigenvalue weighted by atomic mass is 9.83. The van der Waals surface area contributed by atoms with Crippen molar-refractivity contribution >= 4 is 29.1 Å². The molecular weight excluding hydrogens is 604 g/mol. The minimum atomic E-state index is -4.76. The van der Waals surface area contributed by atoms with Crippen LogP contribution in [-0.2, 0) is 14.4 Å². The van der Waals surface area contributed by atoms with E-state index in [0.29, 0.717) is 29.1 Å². The summed E-state index contributed by atoms with van der Waals surface area (Å²) in [5.41, 5.74) is 1.88. The molecule has 8 nitrogen and oxygen atoms in total. The number of carbonyl (C=O) groups is 3. The quantitative estimate of drug-likeness (QED) is 0.159. The highest BCUT2D eigenvalue weighted by Crippen LogP contribution is 2.33. The Kier molecular flexibility index (Phi) is 12.1. The SMILES string of the molecule is CC(C)CNCNC(=O)[C@@H](CCC(F)(F)F)[C@@H](CCC(F)(F)F)C(=O)N[C@H]1N=C(c2ccccc2)c2ccccc2N(C)C1=O. The lowest BCUT2D eigenvalue weighted by Crippen LogP contribution is -2.51. The van der Waals surface area contributed by atoms with E-state index in [1.807, 2.05) is 13.8 Å². The third-order valence-electron chi connectivity index (χ3n) is 7.25. The number of amides is 3. The summed E-state index contributed by atoms with van der Waals surface area (Å²) in [6.45, 7) is 4.05. The third-order valence-corrected chi connectivity index (χ3v) is 7.25. The molecule has 0 aromatic heterocycles. The Labute approximate surface area is 257 Å². The summed E-state index contributed by atoms with van der Waals surface area (Å²) in [6.07, 6.45) is -16.1. The predicted molar refractivity (Wildman–Crippen MR) is 157 cm³/mol. The number of benzodiazepines with no additional fused rings is 1. The Hall–Kier alpha value is -3.94. The topological polar surface area (TPSA) is 103 Å². The van der Waals surface area contributed by atoms with Crippen LogP contribution in [0.4, 0.5) is 32.0 Å². The zero-order valence-corrected chi connectivity index (χ0v) is 25.1. The van der Waals surface area contributed by atoms with E-state index in [9.17, 15) is 40.7 Å². The van der Waals surface area contributed by atoms with E-state index >= 15 is 0 Å². The Bertz CT molecular complexity index is 1350. The van der Waals surface area contributed by atoms with Crippen molar-refractivity contribution in [2.75, 3.05) is 25.2 Å². The van der Waals surface area contributed by atoms with Gasteiger partial charge in [0.2, 0.25) is 18.0 Å². The highest BCUT2D eigenvalue weighted by molar-refractivity contribution is 6.20. The smallest absolute Gasteiger partial charge is 0.343 e. The second-order valence-electron chi connectivity index (χ2n) is 11.3. The number of hydrogen-bond donors (Lipinski definition) is 3. The molecule has 1 aliphatic rings. The van der Waals surface area contributed by atoms with Crippen LogP contribution < -0.4 is 20.9 Å². The van der Waals surface area contributed by atoms with Crippen LogP contribution in [0.1, 0.15) is 50.7 Å². The number of rotatable bonds is 13. The highest BCUT2D eigenvalue weighted by Gasteiger charge is 2.41. The van der Waals surface area contributed by atoms with Gasteiger partial charge in [-0.1, -0.05) is 62.4 Å². The number of likely N-dealkylation sites (N-methyl/N-ethyl adjacent to an activating group) is 1. The van der Waals surface area contributed by atoms with Crippen molar-refractivity contribution in [2.45, 2.75) is 58.0 Å². The molecule has 0 saturated carbocycles. The number of hydrogen-bond acceptors (Lipinski definition) is 5. The molecule has 2 aromatic carbocycles. The molecule has 2 aromatic rings. The summed E-state index contributed by atoms with van der Waals surface area (Å²) in [4.78, 5) is 46.1. The van der Waals surface area contributed by atoms with E-state index in [1.54, 1.807) is 54.6 Å². The Morgan fingerprint density at radius 3 is 2.00 bits per heavy atom. The van der Waals surface area contributed by atoms with E-state index < -0.39 is 73.8 Å². The van der Waals surface area contributed by atoms with Gasteiger partial charge in [0, 0.05) is 42.9 Å². The maximum Gasteiger partial charge on any atom is 0.389 e. The lowest BCUT2D eigenvalue weighted by molar-refractivity contribution is -0.153. The van der Waals surface area contributed by atoms with Crippen LogP contribution in [0, 0.1) is 17.8 Å². The lowest BCUT2D eigenvalue weighted by Gasteiger charge is -2.28. The molecule has 45 heavy (non-hydrogen) atoms. The number of fused-ring (bicyclic) bond motifs is 1. The molecule has 3 atom stereocenters. The number of nitrogens with zero attached hydrogens (tertiary/aromatic N) is 2. The van der Waals surface area contributed by atoms with Crippen molar-refractivity contribution in [3.63, 3.8) is 0 Å². The fourth-order valence-corrected chi connectivity index (χ4v) is 4.99. The molecule has 0 aliphatic carbocycles. The normalized spacial score (nSPS) is 16.8. The molecule has 0 unspecified atom stereocenters. The summed E-state index contributed by atoms with van der Waals surface area (Å²) >= 11 is 0. The van der Waals surface area contributed by atoms with Crippen LogP contribution in [0.2, 0.25) is 0 Å². The first kappa shape index (κ1) is 35.5. The van der Waals surface area contributed by atoms with Crippen LogP contribution in [0.15, 0.2) is 59.6 Å². The van der Waals surface area contributed by atoms with E-state index in [0.717, 1.165) is 0 Å². The number of carbonyl (C=O) groups excluding carboxylic acids is 3. The number of benzene rings is 2. The van der Waals surface area contributed by atoms with Gasteiger partial charge in [0.05, 0.1) is 18.1 Å². The molecule has 3 amide bonds. The molecule has 0 fully saturated rings. The Morgan fingerprint density at radius 1 is 0.867 bits per heavy atom. The standard InChI is InChI=1S/C31H37F6N5O3/c1-19(2)17-38-18-39-27(43)21(13-15-30(32,33)34)22(14-16-31(35,36)37)28(44)41-26-29(45)42(3)24-12-8-7-11-23(24)25(40-26)20-9-5-4-6-10-20/h4-12,19,21-22,26,38H,13-18H2,1-3H3,(H,39,43)(H,41,44)/t21-,22+,26+/m0/s1. The van der Waals surface area contributed by atoms with Gasteiger partial charge in [0.25, 0.3) is 5.91 Å². The summed E-state index contributed by atoms with van der Waals surface area (Å²) in [7, 11) is 1.44. The largest absolute Gasteiger partial charge is 0.389 e. The monoisotopic (exact) mass is 641 g/mol. The molecule has 246 valence electrons. The van der Waals surface area contributed by atoms with Gasteiger partial charge in [-0.25, -0.2) is 4.99 Å². The summed E-state index contributed by atoms with van der Waals surface area (Å²) < 4.78 is 79.9. The van der Waals surface area contributed by atoms with Gasteiger partial charge in [-0.15, -0.1) is 0 Å². The van der Waals surface area contributed by atoms with Crippen LogP contribution in [0.5, 0.6) is 0 Å². The molecule has 0 radical (unpaired) electrons. The number of halogens is 6. The van der Waals surface area contributed by atoms with Crippen LogP contribution in [0.3, 0.4) is 0 Å². The van der Waals surface area contributed by atoms with E-state index in [1.165, 1.54) is 11.9 Å². The number of nitrogens with one attached hydrogen (secondary N) is 3. The van der Waals surface area contributed by atoms with Crippen molar-refractivity contribution in [2.24, 2.45) is 22.7 Å². The molecule has 0 saturated heterocycles. The van der Waals surface area contributed by atoms with Crippen molar-refractivity contribution < 1.29 is 40.7 Å². The molecule has 3 rings (SSSR count). The van der Waals surface area contributed by atoms with Crippen LogP contribution >= 0.6 is 0 Å². The maximum absolute atomic E-state index is 13.7. The zero-order valence-electron chi connectivity index (χ0n) is 25.1. The Balaban J connectivity index is 1.99. The highest BCUT2D eigenvalue weighted by atomic mass is 19.4. The molecule has 0 spiro atoms. The second-order valence-corrected chi connectivity index (χ2v) is 11.3. The van der Waals surface area contributed by atoms with Crippen LogP contribution in [-0.4, -0.2) is 62.2 Å². The summed E-state index contributed by atoms with van der Waals surface area (Å²) in [5, 5.41) is 7.64. The van der Waals surface area contributed by atoms with Gasteiger partial charge >= 0.3 is 12.4 Å². The fourth-order valence-electron chi connectivity index (χ4n) is 4.99. The number of para-hydroxylation sites is 1. The molecular formula is C31H37F6N5O3. The van der Waals surface area contributed by atoms with E-state index in [2.05, 4.69) is 20.9 Å². The number of anilines is 1. The maximum atomic E-state index is 13.7. The predicted octanol–water partition coefficient (Wildman–Crippen LogP) is 5.18. The molecule has 1 aliphatic heterocycles. The Morgan fingerprint density at radius 2 is 1.42 bits per heavy atom. The number of aliphatic imine (C=N–C) groups is 1. The number of alkyl halides is 6. The van der Waals surface area contributed by atoms with Crippen molar-refractivity contribution in [1.29, 1.82) is 0 Å². The molecule has 0 bridgehead atoms. The first-order valence-electron chi connectivity index (χ1n) is 14.5. The van der Waals surface area contributed by atoms with E-state index in [4.69, 9.17) is 0 Å². The summed E-state index contributed by atoms with van der Waals surface area (Å²) in [6, 6.07) is 15.5. The minimum Gasteiger partial charge on any atom is -0.343 e. The van der Waals surface area contributed by atoms with Gasteiger partial charge in [0.1, 0.15) is 0 Å². The van der Waals surface area contributed by atoms with Crippen molar-refractivity contribution in [3.05, 3.63) is 65.7 Å². The molecule has 3 N–H and O–H groups in total. The first-order valence-corrected chi connectivity index (χ1v) is 14.5. The van der Waals surface area contributed by atoms with Crippen LogP contribution in [0.25, 0.3) is 0 Å². The van der Waals surface area contributed by atoms with E-state index in [-0.39, 0.29) is 12.6 Å². The first-order chi connectivity index (χ1) is 21.1. The average molecular weight is 642 g/mol. The van der Waals surface area contributed by atoms with Gasteiger partial charge in [-0.2, -0.15) is 26.3 Å². The second kappa shape index (κ2) is 15.4. The van der Waals surface area contributed by atoms with Gasteiger partial charge in [0.15, 0.2) is 0 Å². The van der Waals surface area contributed by atoms with Crippen molar-refractivity contribution in [1.82, 2.24) is 16.0 Å². The third kappa shape index (κ3) is 10.6. The van der Waals surface area contributed by atoms with Gasteiger partial charge < -0.3 is 15.5 Å². The fraction of sp³-hybridized carbons (Fsp3) is 0.484. The van der Waals surface area contributed by atoms with Gasteiger partial charge in [-0.05, 0) is 31.4 Å². The average Bonchev–Trinajstić information content (AvgIpc) is 3.06. The summed E-state index contributed by atoms with van der Waals surface area (Å²) in [5.74, 6) is -6.38. The van der Waals surface area contributed by atoms with Gasteiger partial charge in [-0.3, -0.25) is 19.7 Å². The zero-order chi connectivity index (χ0) is 33.4. The molecule has 14 heteroatoms. The van der Waals surface area contributed by atoms with Crippen molar-refractivity contribution in [3.8, 4) is 0 Å². The minimum absolute atomic E-state index is 0.165. The molecule has 1 heterocycles.